The summed E-state index contributed by atoms with van der Waals surface area (Å²) in [7, 11) is -2.29. The normalized spacial score (nSPS) is 14.9. The van der Waals surface area contributed by atoms with Crippen molar-refractivity contribution in [1.29, 1.82) is 0 Å². The fourth-order valence-corrected chi connectivity index (χ4v) is 5.60. The molecular formula is C15H17BrN2O3S2. The second kappa shape index (κ2) is 6.78. The number of halogens is 1. The topological polar surface area (TPSA) is 68.3 Å². The van der Waals surface area contributed by atoms with Gasteiger partial charge in [-0.2, -0.15) is 0 Å². The fraction of sp³-hybridized carbons (Fsp3) is 0.400. The predicted molar refractivity (Wildman–Crippen MR) is 94.9 cm³/mol. The number of thiazole rings is 1. The summed E-state index contributed by atoms with van der Waals surface area (Å²) in [6.45, 7) is 0. The number of anilines is 1. The van der Waals surface area contributed by atoms with E-state index in [1.54, 1.807) is 12.1 Å². The van der Waals surface area contributed by atoms with Crippen LogP contribution in [0.4, 0.5) is 5.13 Å². The number of nitrogens with zero attached hydrogens (tertiary/aromatic N) is 1. The van der Waals surface area contributed by atoms with E-state index in [2.05, 4.69) is 25.6 Å². The van der Waals surface area contributed by atoms with Crippen LogP contribution in [0.3, 0.4) is 0 Å². The van der Waals surface area contributed by atoms with Crippen molar-refractivity contribution in [3.63, 3.8) is 0 Å². The van der Waals surface area contributed by atoms with E-state index in [0.29, 0.717) is 15.4 Å². The molecule has 0 aliphatic heterocycles. The maximum Gasteiger partial charge on any atom is 0.267 e. The van der Waals surface area contributed by atoms with Crippen molar-refractivity contribution in [2.45, 2.75) is 37.0 Å². The maximum absolute atomic E-state index is 12.7. The molecule has 2 aromatic rings. The van der Waals surface area contributed by atoms with E-state index in [4.69, 9.17) is 4.74 Å². The Hall–Kier alpha value is -1.12. The molecule has 23 heavy (non-hydrogen) atoms. The number of rotatable bonds is 4. The molecule has 0 amide bonds. The van der Waals surface area contributed by atoms with E-state index in [9.17, 15) is 8.42 Å². The number of methoxy groups -OCH3 is 1. The molecular weight excluding hydrogens is 400 g/mol. The van der Waals surface area contributed by atoms with Crippen LogP contribution < -0.4 is 9.46 Å². The van der Waals surface area contributed by atoms with Crippen LogP contribution in [0.2, 0.25) is 0 Å². The highest BCUT2D eigenvalue weighted by molar-refractivity contribution is 9.10. The molecule has 8 heteroatoms. The summed E-state index contributed by atoms with van der Waals surface area (Å²) in [5.41, 5.74) is 1.03. The van der Waals surface area contributed by atoms with Gasteiger partial charge < -0.3 is 4.74 Å². The average molecular weight is 417 g/mol. The molecule has 3 rings (SSSR count). The first-order valence-corrected chi connectivity index (χ1v) is 10.4. The van der Waals surface area contributed by atoms with Gasteiger partial charge in [0.05, 0.1) is 12.8 Å². The molecule has 0 radical (unpaired) electrons. The summed E-state index contributed by atoms with van der Waals surface area (Å²) in [5, 5.41) is 0.430. The minimum Gasteiger partial charge on any atom is -0.495 e. The number of benzene rings is 1. The van der Waals surface area contributed by atoms with Gasteiger partial charge in [-0.15, -0.1) is 11.3 Å². The lowest BCUT2D eigenvalue weighted by Gasteiger charge is -2.10. The average Bonchev–Trinajstić information content (AvgIpc) is 2.75. The van der Waals surface area contributed by atoms with Crippen LogP contribution in [0.5, 0.6) is 5.75 Å². The molecule has 1 aromatic heterocycles. The van der Waals surface area contributed by atoms with Crippen molar-refractivity contribution in [2.75, 3.05) is 11.8 Å². The lowest BCUT2D eigenvalue weighted by Crippen LogP contribution is -2.14. The van der Waals surface area contributed by atoms with Crippen molar-refractivity contribution in [2.24, 2.45) is 0 Å². The number of sulfonamides is 1. The van der Waals surface area contributed by atoms with E-state index in [0.717, 1.165) is 31.4 Å². The largest absolute Gasteiger partial charge is 0.495 e. The number of aryl methyl sites for hydroxylation is 2. The smallest absolute Gasteiger partial charge is 0.267 e. The Morgan fingerprint density at radius 3 is 2.83 bits per heavy atom. The SMILES string of the molecule is COc1ccc(Br)cc1S(=O)(=O)Nc1nc2c(s1)CCCCC2. The first-order valence-electron chi connectivity index (χ1n) is 7.34. The standard InChI is InChI=1S/C15H17BrN2O3S2/c1-21-12-8-7-10(16)9-14(12)23(19,20)18-15-17-11-5-3-2-4-6-13(11)22-15/h7-9H,2-6H2,1H3,(H,17,18). The minimum atomic E-state index is -3.74. The van der Waals surface area contributed by atoms with Crippen LogP contribution in [-0.4, -0.2) is 20.5 Å². The Morgan fingerprint density at radius 1 is 1.26 bits per heavy atom. The van der Waals surface area contributed by atoms with Crippen LogP contribution in [-0.2, 0) is 22.9 Å². The summed E-state index contributed by atoms with van der Waals surface area (Å²) in [5.74, 6) is 0.304. The summed E-state index contributed by atoms with van der Waals surface area (Å²) in [6, 6.07) is 4.89. The highest BCUT2D eigenvalue weighted by Crippen LogP contribution is 2.32. The second-order valence-electron chi connectivity index (χ2n) is 5.35. The number of hydrogen-bond donors (Lipinski definition) is 1. The van der Waals surface area contributed by atoms with Crippen LogP contribution in [0, 0.1) is 0 Å². The third-order valence-corrected chi connectivity index (χ3v) is 6.79. The molecule has 1 heterocycles. The van der Waals surface area contributed by atoms with Crippen molar-refractivity contribution in [1.82, 2.24) is 4.98 Å². The van der Waals surface area contributed by atoms with Gasteiger partial charge in [-0.1, -0.05) is 22.4 Å². The Balaban J connectivity index is 1.91. The number of aromatic nitrogens is 1. The molecule has 124 valence electrons. The number of fused-ring (bicyclic) bond motifs is 1. The van der Waals surface area contributed by atoms with Crippen LogP contribution in [0.1, 0.15) is 29.8 Å². The fourth-order valence-electron chi connectivity index (χ4n) is 2.60. The van der Waals surface area contributed by atoms with Gasteiger partial charge in [0, 0.05) is 9.35 Å². The zero-order valence-corrected chi connectivity index (χ0v) is 15.9. The van der Waals surface area contributed by atoms with Gasteiger partial charge in [0.2, 0.25) is 0 Å². The summed E-state index contributed by atoms with van der Waals surface area (Å²) in [6.07, 6.45) is 5.37. The molecule has 1 N–H and O–H groups in total. The van der Waals surface area contributed by atoms with E-state index in [-0.39, 0.29) is 4.90 Å². The third-order valence-electron chi connectivity index (χ3n) is 3.73. The third kappa shape index (κ3) is 3.70. The Morgan fingerprint density at radius 2 is 2.04 bits per heavy atom. The molecule has 0 fully saturated rings. The summed E-state index contributed by atoms with van der Waals surface area (Å²) < 4.78 is 33.8. The molecule has 5 nitrogen and oxygen atoms in total. The van der Waals surface area contributed by atoms with Crippen molar-refractivity contribution in [3.8, 4) is 5.75 Å². The molecule has 0 unspecified atom stereocenters. The molecule has 0 bridgehead atoms. The van der Waals surface area contributed by atoms with Crippen LogP contribution in [0.25, 0.3) is 0 Å². The highest BCUT2D eigenvalue weighted by Gasteiger charge is 2.23. The van der Waals surface area contributed by atoms with E-state index in [1.807, 2.05) is 0 Å². The minimum absolute atomic E-state index is 0.0970. The molecule has 1 aliphatic rings. The van der Waals surface area contributed by atoms with Crippen molar-refractivity contribution >= 4 is 42.4 Å². The maximum atomic E-state index is 12.7. The second-order valence-corrected chi connectivity index (χ2v) is 9.00. The van der Waals surface area contributed by atoms with Gasteiger partial charge in [-0.05, 0) is 43.9 Å². The molecule has 1 aromatic carbocycles. The van der Waals surface area contributed by atoms with Crippen LogP contribution in [0.15, 0.2) is 27.6 Å². The highest BCUT2D eigenvalue weighted by atomic mass is 79.9. The lowest BCUT2D eigenvalue weighted by molar-refractivity contribution is 0.403. The predicted octanol–water partition coefficient (Wildman–Crippen LogP) is 3.98. The molecule has 0 spiro atoms. The number of ether oxygens (including phenoxy) is 1. The van der Waals surface area contributed by atoms with Gasteiger partial charge in [-0.3, -0.25) is 4.72 Å². The monoisotopic (exact) mass is 416 g/mol. The zero-order chi connectivity index (χ0) is 16.4. The first kappa shape index (κ1) is 16.7. The molecule has 0 saturated heterocycles. The van der Waals surface area contributed by atoms with Gasteiger partial charge >= 0.3 is 0 Å². The number of hydrogen-bond acceptors (Lipinski definition) is 5. The van der Waals surface area contributed by atoms with Crippen molar-refractivity contribution < 1.29 is 13.2 Å². The molecule has 1 aliphatic carbocycles. The van der Waals surface area contributed by atoms with Gasteiger partial charge in [0.25, 0.3) is 10.0 Å². The van der Waals surface area contributed by atoms with Crippen LogP contribution >= 0.6 is 27.3 Å². The number of nitrogens with one attached hydrogen (secondary N) is 1. The zero-order valence-electron chi connectivity index (χ0n) is 12.6. The quantitative estimate of drug-likeness (QED) is 0.765. The Bertz CT molecular complexity index is 795. The van der Waals surface area contributed by atoms with Crippen molar-refractivity contribution in [3.05, 3.63) is 33.2 Å². The molecule has 0 saturated carbocycles. The summed E-state index contributed by atoms with van der Waals surface area (Å²) in [4.78, 5) is 5.77. The summed E-state index contributed by atoms with van der Waals surface area (Å²) >= 11 is 4.73. The molecule has 0 atom stereocenters. The Kier molecular flexibility index (Phi) is 4.93. The first-order chi connectivity index (χ1) is 11.0. The Labute approximate surface area is 148 Å². The van der Waals surface area contributed by atoms with E-state index in [1.165, 1.54) is 35.8 Å². The van der Waals surface area contributed by atoms with Gasteiger partial charge in [-0.25, -0.2) is 13.4 Å². The van der Waals surface area contributed by atoms with Gasteiger partial charge in [0.1, 0.15) is 10.6 Å². The lowest BCUT2D eigenvalue weighted by atomic mass is 10.2. The van der Waals surface area contributed by atoms with E-state index < -0.39 is 10.0 Å². The van der Waals surface area contributed by atoms with Gasteiger partial charge in [0.15, 0.2) is 5.13 Å². The van der Waals surface area contributed by atoms with E-state index >= 15 is 0 Å².